The Balaban J connectivity index is 2.13. The van der Waals surface area contributed by atoms with Gasteiger partial charge in [-0.05, 0) is 6.92 Å². The quantitative estimate of drug-likeness (QED) is 0.628. The van der Waals surface area contributed by atoms with Crippen LogP contribution in [-0.4, -0.2) is 45.7 Å². The molecule has 1 atom stereocenters. The lowest BCUT2D eigenvalue weighted by atomic mass is 10.4. The smallest absolute Gasteiger partial charge is 0.146 e. The largest absolute Gasteiger partial charge is 0.389 e. The minimum atomic E-state index is -0.474. The second-order valence-electron chi connectivity index (χ2n) is 3.30. The number of aryl methyl sites for hydroxylation is 1. The highest BCUT2D eigenvalue weighted by Crippen LogP contribution is 1.90. The average molecular weight is 214 g/mol. The van der Waals surface area contributed by atoms with Crippen molar-refractivity contribution >= 4 is 0 Å². The number of hydrogen-bond acceptors (Lipinski definition) is 5. The van der Waals surface area contributed by atoms with Gasteiger partial charge in [-0.3, -0.25) is 0 Å². The minimum Gasteiger partial charge on any atom is -0.389 e. The van der Waals surface area contributed by atoms with Crippen molar-refractivity contribution < 1.29 is 9.84 Å². The van der Waals surface area contributed by atoms with E-state index in [9.17, 15) is 5.11 Å². The van der Waals surface area contributed by atoms with E-state index in [0.29, 0.717) is 26.3 Å². The summed E-state index contributed by atoms with van der Waals surface area (Å²) in [6.45, 7) is 3.98. The van der Waals surface area contributed by atoms with Crippen LogP contribution >= 0.6 is 0 Å². The lowest BCUT2D eigenvalue weighted by Crippen LogP contribution is -2.30. The summed E-state index contributed by atoms with van der Waals surface area (Å²) in [5, 5.41) is 20.2. The SMILES string of the molecule is CCOCC(O)CNCc1nncn1C. The summed E-state index contributed by atoms with van der Waals surface area (Å²) < 4.78 is 6.92. The Kier molecular flexibility index (Phi) is 5.23. The van der Waals surface area contributed by atoms with Crippen LogP contribution < -0.4 is 5.32 Å². The van der Waals surface area contributed by atoms with Crippen LogP contribution in [0.2, 0.25) is 0 Å². The number of aliphatic hydroxyl groups is 1. The first kappa shape index (κ1) is 12.1. The zero-order valence-electron chi connectivity index (χ0n) is 9.18. The van der Waals surface area contributed by atoms with Crippen LogP contribution in [-0.2, 0) is 18.3 Å². The van der Waals surface area contributed by atoms with Crippen LogP contribution in [0.15, 0.2) is 6.33 Å². The third kappa shape index (κ3) is 4.37. The van der Waals surface area contributed by atoms with Crippen molar-refractivity contribution in [1.82, 2.24) is 20.1 Å². The van der Waals surface area contributed by atoms with Crippen LogP contribution in [0.1, 0.15) is 12.7 Å². The van der Waals surface area contributed by atoms with Crippen LogP contribution in [0.4, 0.5) is 0 Å². The molecule has 0 aromatic carbocycles. The van der Waals surface area contributed by atoms with Crippen molar-refractivity contribution in [3.05, 3.63) is 12.2 Å². The monoisotopic (exact) mass is 214 g/mol. The fraction of sp³-hybridized carbons (Fsp3) is 0.778. The van der Waals surface area contributed by atoms with Crippen LogP contribution in [0.25, 0.3) is 0 Å². The Labute approximate surface area is 89.3 Å². The van der Waals surface area contributed by atoms with E-state index in [0.717, 1.165) is 5.82 Å². The van der Waals surface area contributed by atoms with Gasteiger partial charge in [0.05, 0.1) is 19.3 Å². The average Bonchev–Trinajstić information content (AvgIpc) is 2.61. The van der Waals surface area contributed by atoms with Gasteiger partial charge < -0.3 is 19.7 Å². The number of aliphatic hydroxyl groups excluding tert-OH is 1. The number of ether oxygens (including phenoxy) is 1. The maximum absolute atomic E-state index is 9.45. The third-order valence-corrected chi connectivity index (χ3v) is 1.98. The first-order chi connectivity index (χ1) is 7.24. The van der Waals surface area contributed by atoms with Gasteiger partial charge in [-0.1, -0.05) is 0 Å². The van der Waals surface area contributed by atoms with Gasteiger partial charge in [-0.15, -0.1) is 10.2 Å². The normalized spacial score (nSPS) is 13.0. The molecule has 6 heteroatoms. The van der Waals surface area contributed by atoms with E-state index in [-0.39, 0.29) is 0 Å². The van der Waals surface area contributed by atoms with E-state index >= 15 is 0 Å². The van der Waals surface area contributed by atoms with Gasteiger partial charge in [0.15, 0.2) is 0 Å². The number of rotatable bonds is 7. The molecule has 0 spiro atoms. The van der Waals surface area contributed by atoms with Crippen LogP contribution in [0, 0.1) is 0 Å². The highest BCUT2D eigenvalue weighted by molar-refractivity contribution is 4.83. The van der Waals surface area contributed by atoms with Gasteiger partial charge in [0.1, 0.15) is 12.2 Å². The topological polar surface area (TPSA) is 72.2 Å². The summed E-state index contributed by atoms with van der Waals surface area (Å²) in [7, 11) is 1.88. The van der Waals surface area contributed by atoms with Crippen LogP contribution in [0.5, 0.6) is 0 Å². The van der Waals surface area contributed by atoms with Gasteiger partial charge in [-0.2, -0.15) is 0 Å². The molecule has 1 rings (SSSR count). The highest BCUT2D eigenvalue weighted by Gasteiger charge is 2.04. The van der Waals surface area contributed by atoms with Gasteiger partial charge in [-0.25, -0.2) is 0 Å². The molecule has 0 aliphatic rings. The molecule has 0 fully saturated rings. The summed E-state index contributed by atoms with van der Waals surface area (Å²) in [5.41, 5.74) is 0. The second kappa shape index (κ2) is 6.49. The first-order valence-electron chi connectivity index (χ1n) is 5.03. The van der Waals surface area contributed by atoms with E-state index in [4.69, 9.17) is 4.74 Å². The van der Waals surface area contributed by atoms with E-state index in [1.54, 1.807) is 6.33 Å². The molecule has 0 bridgehead atoms. The Morgan fingerprint density at radius 3 is 3.07 bits per heavy atom. The van der Waals surface area contributed by atoms with Crippen molar-refractivity contribution in [2.24, 2.45) is 7.05 Å². The van der Waals surface area contributed by atoms with Crippen molar-refractivity contribution in [2.75, 3.05) is 19.8 Å². The molecule has 1 aromatic heterocycles. The van der Waals surface area contributed by atoms with Gasteiger partial charge in [0, 0.05) is 20.2 Å². The molecule has 15 heavy (non-hydrogen) atoms. The van der Waals surface area contributed by atoms with E-state index in [2.05, 4.69) is 15.5 Å². The molecule has 1 heterocycles. The third-order valence-electron chi connectivity index (χ3n) is 1.98. The predicted octanol–water partition coefficient (Wildman–Crippen LogP) is -0.698. The van der Waals surface area contributed by atoms with E-state index in [1.165, 1.54) is 0 Å². The van der Waals surface area contributed by atoms with Crippen molar-refractivity contribution in [2.45, 2.75) is 19.6 Å². The second-order valence-corrected chi connectivity index (χ2v) is 3.30. The molecule has 0 radical (unpaired) electrons. The molecule has 0 saturated heterocycles. The van der Waals surface area contributed by atoms with Gasteiger partial charge in [0.2, 0.25) is 0 Å². The fourth-order valence-electron chi connectivity index (χ4n) is 1.13. The van der Waals surface area contributed by atoms with Crippen molar-refractivity contribution in [1.29, 1.82) is 0 Å². The van der Waals surface area contributed by atoms with Gasteiger partial charge in [0.25, 0.3) is 0 Å². The maximum atomic E-state index is 9.45. The summed E-state index contributed by atoms with van der Waals surface area (Å²) in [6, 6.07) is 0. The van der Waals surface area contributed by atoms with Crippen molar-refractivity contribution in [3.63, 3.8) is 0 Å². The van der Waals surface area contributed by atoms with E-state index < -0.39 is 6.10 Å². The molecule has 6 nitrogen and oxygen atoms in total. The molecule has 1 unspecified atom stereocenters. The lowest BCUT2D eigenvalue weighted by Gasteiger charge is -2.11. The standard InChI is InChI=1S/C9H18N4O2/c1-3-15-6-8(14)4-10-5-9-12-11-7-13(9)2/h7-8,10,14H,3-6H2,1-2H3. The number of hydrogen-bond donors (Lipinski definition) is 2. The van der Waals surface area contributed by atoms with E-state index in [1.807, 2.05) is 18.5 Å². The summed E-state index contributed by atoms with van der Waals surface area (Å²) in [6.07, 6.45) is 1.17. The Morgan fingerprint density at radius 2 is 2.47 bits per heavy atom. The van der Waals surface area contributed by atoms with Gasteiger partial charge >= 0.3 is 0 Å². The first-order valence-corrected chi connectivity index (χ1v) is 5.03. The summed E-state index contributed by atoms with van der Waals surface area (Å²) >= 11 is 0. The molecular formula is C9H18N4O2. The lowest BCUT2D eigenvalue weighted by molar-refractivity contribution is 0.0426. The molecule has 0 amide bonds. The number of nitrogens with one attached hydrogen (secondary N) is 1. The number of aromatic nitrogens is 3. The predicted molar refractivity (Wildman–Crippen MR) is 55.2 cm³/mol. The minimum absolute atomic E-state index is 0.363. The van der Waals surface area contributed by atoms with Crippen LogP contribution in [0.3, 0.4) is 0 Å². The zero-order valence-corrected chi connectivity index (χ0v) is 9.18. The summed E-state index contributed by atoms with van der Waals surface area (Å²) in [4.78, 5) is 0. The molecule has 1 aromatic rings. The number of nitrogens with zero attached hydrogens (tertiary/aromatic N) is 3. The molecule has 0 saturated carbocycles. The Bertz CT molecular complexity index is 277. The molecule has 0 aliphatic heterocycles. The zero-order chi connectivity index (χ0) is 11.1. The highest BCUT2D eigenvalue weighted by atomic mass is 16.5. The van der Waals surface area contributed by atoms with Crippen molar-refractivity contribution in [3.8, 4) is 0 Å². The molecule has 0 aliphatic carbocycles. The maximum Gasteiger partial charge on any atom is 0.146 e. The Morgan fingerprint density at radius 1 is 1.67 bits per heavy atom. The fourth-order valence-corrected chi connectivity index (χ4v) is 1.13. The Hall–Kier alpha value is -0.980. The summed E-state index contributed by atoms with van der Waals surface area (Å²) in [5.74, 6) is 0.846. The molecule has 86 valence electrons. The molecule has 2 N–H and O–H groups in total. The molecular weight excluding hydrogens is 196 g/mol.